The van der Waals surface area contributed by atoms with Crippen LogP contribution in [-0.2, 0) is 4.79 Å². The van der Waals surface area contributed by atoms with Crippen molar-refractivity contribution in [1.29, 1.82) is 0 Å². The molecule has 3 heteroatoms. The normalized spacial score (nSPS) is 13.0. The average molecular weight is 354 g/mol. The van der Waals surface area contributed by atoms with Gasteiger partial charge < -0.3 is 5.32 Å². The molecule has 1 atom stereocenters. The highest BCUT2D eigenvalue weighted by Gasteiger charge is 2.23. The van der Waals surface area contributed by atoms with E-state index in [1.165, 1.54) is 24.8 Å². The second-order valence-electron chi connectivity index (χ2n) is 6.68. The Morgan fingerprint density at radius 2 is 1.95 bits per heavy atom. The van der Waals surface area contributed by atoms with Gasteiger partial charge in [0.05, 0.1) is 0 Å². The number of carbonyl (C=O) groups excluding carboxylic acids is 1. The van der Waals surface area contributed by atoms with Gasteiger partial charge in [0, 0.05) is 15.6 Å². The van der Waals surface area contributed by atoms with E-state index < -0.39 is 0 Å². The van der Waals surface area contributed by atoms with Gasteiger partial charge in [-0.15, -0.1) is 0 Å². The van der Waals surface area contributed by atoms with Crippen LogP contribution in [0, 0.1) is 5.41 Å². The fourth-order valence-electron chi connectivity index (χ4n) is 2.33. The van der Waals surface area contributed by atoms with Gasteiger partial charge in [0.15, 0.2) is 0 Å². The van der Waals surface area contributed by atoms with Gasteiger partial charge in [-0.05, 0) is 42.5 Å². The Morgan fingerprint density at radius 3 is 2.48 bits per heavy atom. The molecule has 1 amide bonds. The number of hydrogen-bond acceptors (Lipinski definition) is 1. The van der Waals surface area contributed by atoms with Crippen LogP contribution in [0.1, 0.15) is 71.8 Å². The lowest BCUT2D eigenvalue weighted by Gasteiger charge is -2.23. The lowest BCUT2D eigenvalue weighted by atomic mass is 9.89. The zero-order valence-electron chi connectivity index (χ0n) is 13.9. The van der Waals surface area contributed by atoms with E-state index in [9.17, 15) is 4.79 Å². The molecule has 0 fully saturated rings. The summed E-state index contributed by atoms with van der Waals surface area (Å²) in [7, 11) is 0. The third kappa shape index (κ3) is 5.46. The van der Waals surface area contributed by atoms with E-state index in [0.717, 1.165) is 16.6 Å². The maximum Gasteiger partial charge on any atom is 0.229 e. The minimum atomic E-state index is -0.379. The topological polar surface area (TPSA) is 29.1 Å². The van der Waals surface area contributed by atoms with Crippen LogP contribution < -0.4 is 5.32 Å². The Kier molecular flexibility index (Phi) is 6.92. The van der Waals surface area contributed by atoms with Crippen LogP contribution in [0.15, 0.2) is 22.7 Å². The van der Waals surface area contributed by atoms with Crippen molar-refractivity contribution >= 4 is 27.5 Å². The molecule has 0 radical (unpaired) electrons. The molecular formula is C18H28BrNO. The molecule has 0 aliphatic rings. The number of rotatable bonds is 6. The molecule has 2 nitrogen and oxygen atoms in total. The molecule has 0 saturated carbocycles. The number of halogens is 1. The highest BCUT2D eigenvalue weighted by Crippen LogP contribution is 2.34. The molecule has 0 aromatic heterocycles. The van der Waals surface area contributed by atoms with Gasteiger partial charge >= 0.3 is 0 Å². The SMILES string of the molecule is CCCCC(CC)c1cc(Br)ccc1NC(=O)C(C)(C)C. The summed E-state index contributed by atoms with van der Waals surface area (Å²) in [6.07, 6.45) is 4.68. The molecule has 0 heterocycles. The molecule has 0 spiro atoms. The van der Waals surface area contributed by atoms with Crippen molar-refractivity contribution in [3.05, 3.63) is 28.2 Å². The zero-order valence-corrected chi connectivity index (χ0v) is 15.5. The minimum Gasteiger partial charge on any atom is -0.325 e. The van der Waals surface area contributed by atoms with E-state index in [4.69, 9.17) is 0 Å². The van der Waals surface area contributed by atoms with Crippen molar-refractivity contribution in [2.75, 3.05) is 5.32 Å². The van der Waals surface area contributed by atoms with Crippen molar-refractivity contribution in [1.82, 2.24) is 0 Å². The predicted molar refractivity (Wildman–Crippen MR) is 94.8 cm³/mol. The number of benzene rings is 1. The van der Waals surface area contributed by atoms with Gasteiger partial charge in [-0.2, -0.15) is 0 Å². The fourth-order valence-corrected chi connectivity index (χ4v) is 2.70. The largest absolute Gasteiger partial charge is 0.325 e. The van der Waals surface area contributed by atoms with Crippen LogP contribution in [0.25, 0.3) is 0 Å². The number of amides is 1. The van der Waals surface area contributed by atoms with Crippen LogP contribution in [0.3, 0.4) is 0 Å². The smallest absolute Gasteiger partial charge is 0.229 e. The lowest BCUT2D eigenvalue weighted by Crippen LogP contribution is -2.28. The van der Waals surface area contributed by atoms with Crippen molar-refractivity contribution in [3.63, 3.8) is 0 Å². The maximum absolute atomic E-state index is 12.3. The van der Waals surface area contributed by atoms with Crippen LogP contribution in [-0.4, -0.2) is 5.91 Å². The van der Waals surface area contributed by atoms with E-state index in [1.807, 2.05) is 32.9 Å². The molecule has 118 valence electrons. The Hall–Kier alpha value is -0.830. The summed E-state index contributed by atoms with van der Waals surface area (Å²) in [6, 6.07) is 6.16. The molecular weight excluding hydrogens is 326 g/mol. The average Bonchev–Trinajstić information content (AvgIpc) is 2.41. The zero-order chi connectivity index (χ0) is 16.0. The first kappa shape index (κ1) is 18.2. The maximum atomic E-state index is 12.3. The van der Waals surface area contributed by atoms with Crippen LogP contribution in [0.2, 0.25) is 0 Å². The third-order valence-corrected chi connectivity index (χ3v) is 4.28. The first-order valence-electron chi connectivity index (χ1n) is 7.90. The van der Waals surface area contributed by atoms with Gasteiger partial charge in [0.2, 0.25) is 5.91 Å². The fraction of sp³-hybridized carbons (Fsp3) is 0.611. The summed E-state index contributed by atoms with van der Waals surface area (Å²) < 4.78 is 1.07. The number of unbranched alkanes of at least 4 members (excludes halogenated alkanes) is 1. The molecule has 0 saturated heterocycles. The highest BCUT2D eigenvalue weighted by molar-refractivity contribution is 9.10. The van der Waals surface area contributed by atoms with E-state index in [-0.39, 0.29) is 11.3 Å². The molecule has 1 aromatic carbocycles. The second-order valence-corrected chi connectivity index (χ2v) is 7.60. The Balaban J connectivity index is 3.06. The van der Waals surface area contributed by atoms with Gasteiger partial charge in [-0.25, -0.2) is 0 Å². The van der Waals surface area contributed by atoms with Gasteiger partial charge in [-0.3, -0.25) is 4.79 Å². The monoisotopic (exact) mass is 353 g/mol. The number of carbonyl (C=O) groups is 1. The van der Waals surface area contributed by atoms with Crippen molar-refractivity contribution in [2.24, 2.45) is 5.41 Å². The van der Waals surface area contributed by atoms with Gasteiger partial charge in [0.1, 0.15) is 0 Å². The second kappa shape index (κ2) is 7.98. The summed E-state index contributed by atoms with van der Waals surface area (Å²) in [5.74, 6) is 0.564. The Labute approximate surface area is 137 Å². The first-order chi connectivity index (χ1) is 9.79. The van der Waals surface area contributed by atoms with Gasteiger partial charge in [-0.1, -0.05) is 63.4 Å². The molecule has 21 heavy (non-hydrogen) atoms. The number of anilines is 1. The van der Waals surface area contributed by atoms with Crippen molar-refractivity contribution in [2.45, 2.75) is 66.2 Å². The van der Waals surface area contributed by atoms with E-state index in [2.05, 4.69) is 41.2 Å². The van der Waals surface area contributed by atoms with Crippen LogP contribution >= 0.6 is 15.9 Å². The standard InChI is InChI=1S/C18H28BrNO/c1-6-8-9-13(7-2)15-12-14(19)10-11-16(15)20-17(21)18(3,4)5/h10-13H,6-9H2,1-5H3,(H,20,21). The molecule has 0 aliphatic heterocycles. The van der Waals surface area contributed by atoms with Crippen LogP contribution in [0.4, 0.5) is 5.69 Å². The molecule has 1 unspecified atom stereocenters. The minimum absolute atomic E-state index is 0.0661. The molecule has 1 rings (SSSR count). The highest BCUT2D eigenvalue weighted by atomic mass is 79.9. The third-order valence-electron chi connectivity index (χ3n) is 3.78. The molecule has 1 aromatic rings. The first-order valence-corrected chi connectivity index (χ1v) is 8.69. The Morgan fingerprint density at radius 1 is 1.29 bits per heavy atom. The summed E-state index contributed by atoms with van der Waals surface area (Å²) in [6.45, 7) is 10.3. The predicted octanol–water partition coefficient (Wildman–Crippen LogP) is 6.12. The lowest BCUT2D eigenvalue weighted by molar-refractivity contribution is -0.123. The van der Waals surface area contributed by atoms with Crippen molar-refractivity contribution in [3.8, 4) is 0 Å². The molecule has 1 N–H and O–H groups in total. The summed E-state index contributed by atoms with van der Waals surface area (Å²) in [5, 5.41) is 3.11. The van der Waals surface area contributed by atoms with Gasteiger partial charge in [0.25, 0.3) is 0 Å². The Bertz CT molecular complexity index is 477. The van der Waals surface area contributed by atoms with E-state index in [1.54, 1.807) is 0 Å². The molecule has 0 bridgehead atoms. The summed E-state index contributed by atoms with van der Waals surface area (Å²) in [5.41, 5.74) is 1.83. The molecule has 0 aliphatic carbocycles. The van der Waals surface area contributed by atoms with E-state index in [0.29, 0.717) is 5.92 Å². The quantitative estimate of drug-likeness (QED) is 0.655. The van der Waals surface area contributed by atoms with Crippen molar-refractivity contribution < 1.29 is 4.79 Å². The summed E-state index contributed by atoms with van der Waals surface area (Å²) in [4.78, 5) is 12.3. The summed E-state index contributed by atoms with van der Waals surface area (Å²) >= 11 is 3.55. The number of hydrogen-bond donors (Lipinski definition) is 1. The van der Waals surface area contributed by atoms with E-state index >= 15 is 0 Å². The number of nitrogens with one attached hydrogen (secondary N) is 1. The van der Waals surface area contributed by atoms with Crippen LogP contribution in [0.5, 0.6) is 0 Å².